The van der Waals surface area contributed by atoms with Crippen molar-refractivity contribution in [2.75, 3.05) is 13.7 Å². The molecule has 0 amide bonds. The van der Waals surface area contributed by atoms with Crippen LogP contribution in [0.1, 0.15) is 37.3 Å². The number of esters is 1. The smallest absolute Gasteiger partial charge is 0.309 e. The molecule has 0 N–H and O–H groups in total. The standard InChI is InChI=1S/C16H20O3/c1-3-19-15(17)14-10-16(14)8-4-5-11-6-7-12(18-2)9-13(11)16/h6-7,9,14H,3-5,8,10H2,1-2H3. The zero-order valence-electron chi connectivity index (χ0n) is 11.6. The van der Waals surface area contributed by atoms with Gasteiger partial charge in [-0.25, -0.2) is 0 Å². The second kappa shape index (κ2) is 4.55. The first-order valence-corrected chi connectivity index (χ1v) is 7.05. The Morgan fingerprint density at radius 3 is 3.05 bits per heavy atom. The average molecular weight is 260 g/mol. The van der Waals surface area contributed by atoms with Crippen LogP contribution >= 0.6 is 0 Å². The van der Waals surface area contributed by atoms with Crippen molar-refractivity contribution in [3.63, 3.8) is 0 Å². The largest absolute Gasteiger partial charge is 0.497 e. The van der Waals surface area contributed by atoms with Crippen molar-refractivity contribution in [2.45, 2.75) is 38.0 Å². The van der Waals surface area contributed by atoms with Crippen LogP contribution < -0.4 is 4.74 Å². The van der Waals surface area contributed by atoms with Crippen LogP contribution in [0.2, 0.25) is 0 Å². The Morgan fingerprint density at radius 1 is 1.47 bits per heavy atom. The highest BCUT2D eigenvalue weighted by Crippen LogP contribution is 2.61. The van der Waals surface area contributed by atoms with Gasteiger partial charge in [-0.2, -0.15) is 0 Å². The minimum Gasteiger partial charge on any atom is -0.497 e. The summed E-state index contributed by atoms with van der Waals surface area (Å²) in [5, 5.41) is 0. The van der Waals surface area contributed by atoms with Gasteiger partial charge in [0.25, 0.3) is 0 Å². The summed E-state index contributed by atoms with van der Waals surface area (Å²) in [7, 11) is 1.69. The molecule has 2 atom stereocenters. The molecule has 0 aliphatic heterocycles. The highest BCUT2D eigenvalue weighted by atomic mass is 16.5. The summed E-state index contributed by atoms with van der Waals surface area (Å²) in [4.78, 5) is 12.0. The Kier molecular flexibility index (Phi) is 3.00. The van der Waals surface area contributed by atoms with Crippen LogP contribution in [0.4, 0.5) is 0 Å². The van der Waals surface area contributed by atoms with Crippen molar-refractivity contribution in [3.8, 4) is 5.75 Å². The van der Waals surface area contributed by atoms with Gasteiger partial charge < -0.3 is 9.47 Å². The first-order valence-electron chi connectivity index (χ1n) is 7.05. The van der Waals surface area contributed by atoms with Crippen LogP contribution in [-0.4, -0.2) is 19.7 Å². The molecule has 1 aromatic carbocycles. The summed E-state index contributed by atoms with van der Waals surface area (Å²) < 4.78 is 10.5. The van der Waals surface area contributed by atoms with Gasteiger partial charge in [0.1, 0.15) is 5.75 Å². The van der Waals surface area contributed by atoms with Gasteiger partial charge in [-0.3, -0.25) is 4.79 Å². The van der Waals surface area contributed by atoms with Gasteiger partial charge in [0.15, 0.2) is 0 Å². The van der Waals surface area contributed by atoms with Gasteiger partial charge in [-0.1, -0.05) is 6.07 Å². The molecule has 19 heavy (non-hydrogen) atoms. The van der Waals surface area contributed by atoms with Gasteiger partial charge >= 0.3 is 5.97 Å². The van der Waals surface area contributed by atoms with Crippen LogP contribution in [0.3, 0.4) is 0 Å². The Balaban J connectivity index is 1.93. The fraction of sp³-hybridized carbons (Fsp3) is 0.562. The predicted octanol–water partition coefficient (Wildman–Crippen LogP) is 2.85. The molecule has 0 heterocycles. The summed E-state index contributed by atoms with van der Waals surface area (Å²) in [6, 6.07) is 6.28. The molecule has 1 spiro atoms. The molecular formula is C16H20O3. The van der Waals surface area contributed by atoms with Gasteiger partial charge in [0.2, 0.25) is 0 Å². The van der Waals surface area contributed by atoms with Gasteiger partial charge in [-0.05, 0) is 55.9 Å². The van der Waals surface area contributed by atoms with Crippen molar-refractivity contribution in [1.82, 2.24) is 0 Å². The number of rotatable bonds is 3. The molecule has 0 saturated heterocycles. The molecule has 1 fully saturated rings. The summed E-state index contributed by atoms with van der Waals surface area (Å²) in [5.74, 6) is 0.909. The first kappa shape index (κ1) is 12.5. The molecule has 1 aromatic rings. The van der Waals surface area contributed by atoms with Gasteiger partial charge in [-0.15, -0.1) is 0 Å². The lowest BCUT2D eigenvalue weighted by Crippen LogP contribution is -2.22. The van der Waals surface area contributed by atoms with E-state index < -0.39 is 0 Å². The third-order valence-electron chi connectivity index (χ3n) is 4.57. The van der Waals surface area contributed by atoms with Crippen molar-refractivity contribution in [3.05, 3.63) is 29.3 Å². The Morgan fingerprint density at radius 2 is 2.32 bits per heavy atom. The number of benzene rings is 1. The van der Waals surface area contributed by atoms with Crippen LogP contribution in [0.15, 0.2) is 18.2 Å². The van der Waals surface area contributed by atoms with Crippen LogP contribution in [0.5, 0.6) is 5.75 Å². The Labute approximate surface area is 113 Å². The maximum atomic E-state index is 12.0. The molecule has 0 aromatic heterocycles. The zero-order chi connectivity index (χ0) is 13.5. The van der Waals surface area contributed by atoms with E-state index in [0.29, 0.717) is 6.61 Å². The van der Waals surface area contributed by atoms with Gasteiger partial charge in [0, 0.05) is 5.41 Å². The summed E-state index contributed by atoms with van der Waals surface area (Å²) in [6.45, 7) is 2.33. The lowest BCUT2D eigenvalue weighted by atomic mass is 9.78. The maximum absolute atomic E-state index is 12.0. The van der Waals surface area contributed by atoms with E-state index in [1.807, 2.05) is 13.0 Å². The molecule has 102 valence electrons. The van der Waals surface area contributed by atoms with E-state index in [0.717, 1.165) is 31.4 Å². The maximum Gasteiger partial charge on any atom is 0.309 e. The number of carbonyl (C=O) groups excluding carboxylic acids is 1. The van der Waals surface area contributed by atoms with Crippen LogP contribution in [0, 0.1) is 5.92 Å². The van der Waals surface area contributed by atoms with Crippen LogP contribution in [-0.2, 0) is 21.4 Å². The van der Waals surface area contributed by atoms with E-state index in [1.54, 1.807) is 7.11 Å². The van der Waals surface area contributed by atoms with E-state index in [9.17, 15) is 4.79 Å². The fourth-order valence-corrected chi connectivity index (χ4v) is 3.52. The van der Waals surface area contributed by atoms with E-state index in [4.69, 9.17) is 9.47 Å². The minimum atomic E-state index is -0.0295. The monoisotopic (exact) mass is 260 g/mol. The second-order valence-corrected chi connectivity index (χ2v) is 5.54. The molecule has 3 nitrogen and oxygen atoms in total. The number of aryl methyl sites for hydroxylation is 1. The minimum absolute atomic E-state index is 0.0295. The molecule has 3 rings (SSSR count). The molecule has 2 aliphatic carbocycles. The SMILES string of the molecule is CCOC(=O)C1CC12CCCc1ccc(OC)cc12. The van der Waals surface area contributed by atoms with Crippen molar-refractivity contribution >= 4 is 5.97 Å². The molecule has 0 radical (unpaired) electrons. The molecule has 2 unspecified atom stereocenters. The van der Waals surface area contributed by atoms with Crippen molar-refractivity contribution in [2.24, 2.45) is 5.92 Å². The summed E-state index contributed by atoms with van der Waals surface area (Å²) in [5.41, 5.74) is 2.73. The Bertz CT molecular complexity index is 509. The number of hydrogen-bond donors (Lipinski definition) is 0. The zero-order valence-corrected chi connectivity index (χ0v) is 11.6. The van der Waals surface area contributed by atoms with Crippen molar-refractivity contribution in [1.29, 1.82) is 0 Å². The number of methoxy groups -OCH3 is 1. The topological polar surface area (TPSA) is 35.5 Å². The van der Waals surface area contributed by atoms with Gasteiger partial charge in [0.05, 0.1) is 19.6 Å². The first-order chi connectivity index (χ1) is 9.21. The third-order valence-corrected chi connectivity index (χ3v) is 4.57. The van der Waals surface area contributed by atoms with E-state index in [2.05, 4.69) is 12.1 Å². The Hall–Kier alpha value is -1.51. The number of carbonyl (C=O) groups is 1. The summed E-state index contributed by atoms with van der Waals surface area (Å²) >= 11 is 0. The molecule has 1 saturated carbocycles. The number of hydrogen-bond acceptors (Lipinski definition) is 3. The van der Waals surface area contributed by atoms with E-state index in [-0.39, 0.29) is 17.3 Å². The normalized spacial score (nSPS) is 27.8. The average Bonchev–Trinajstić information content (AvgIpc) is 3.14. The quantitative estimate of drug-likeness (QED) is 0.784. The van der Waals surface area contributed by atoms with E-state index >= 15 is 0 Å². The van der Waals surface area contributed by atoms with E-state index in [1.165, 1.54) is 11.1 Å². The number of fused-ring (bicyclic) bond motifs is 2. The molecule has 0 bridgehead atoms. The summed E-state index contributed by atoms with van der Waals surface area (Å²) in [6.07, 6.45) is 4.30. The fourth-order valence-electron chi connectivity index (χ4n) is 3.52. The lowest BCUT2D eigenvalue weighted by Gasteiger charge is -2.26. The second-order valence-electron chi connectivity index (χ2n) is 5.54. The highest BCUT2D eigenvalue weighted by Gasteiger charge is 2.61. The van der Waals surface area contributed by atoms with Crippen LogP contribution in [0.25, 0.3) is 0 Å². The number of ether oxygens (including phenoxy) is 2. The molecule has 3 heteroatoms. The third kappa shape index (κ3) is 1.92. The molecule has 2 aliphatic rings. The highest BCUT2D eigenvalue weighted by molar-refractivity contribution is 5.79. The predicted molar refractivity (Wildman–Crippen MR) is 72.4 cm³/mol. The lowest BCUT2D eigenvalue weighted by molar-refractivity contribution is -0.145. The van der Waals surface area contributed by atoms with Crippen molar-refractivity contribution < 1.29 is 14.3 Å². The molecular weight excluding hydrogens is 240 g/mol.